The highest BCUT2D eigenvalue weighted by Crippen LogP contribution is 2.44. The second-order valence-electron chi connectivity index (χ2n) is 10.7. The van der Waals surface area contributed by atoms with Crippen LogP contribution in [0.3, 0.4) is 0 Å². The summed E-state index contributed by atoms with van der Waals surface area (Å²) >= 11 is 0. The fourth-order valence-electron chi connectivity index (χ4n) is 5.25. The van der Waals surface area contributed by atoms with Crippen molar-refractivity contribution < 1.29 is 66.3 Å². The van der Waals surface area contributed by atoms with E-state index in [4.69, 9.17) is 37.6 Å². The van der Waals surface area contributed by atoms with E-state index >= 15 is 0 Å². The fourth-order valence-corrected chi connectivity index (χ4v) is 5.25. The van der Waals surface area contributed by atoms with Crippen molar-refractivity contribution in [2.24, 2.45) is 0 Å². The molecule has 4 rings (SSSR count). The van der Waals surface area contributed by atoms with Gasteiger partial charge in [0.25, 0.3) is 0 Å². The van der Waals surface area contributed by atoms with E-state index in [1.54, 1.807) is 12.1 Å². The van der Waals surface area contributed by atoms with Crippen LogP contribution >= 0.6 is 0 Å². The largest absolute Gasteiger partial charge is 0.463 e. The van der Waals surface area contributed by atoms with Gasteiger partial charge in [0.1, 0.15) is 42.2 Å². The van der Waals surface area contributed by atoms with Gasteiger partial charge in [0, 0.05) is 41.5 Å². The molecule has 254 valence electrons. The summed E-state index contributed by atoms with van der Waals surface area (Å²) in [6.07, 6.45) is -6.29. The standard InChI is InChI=1S/C33H32O15/c1-15(34)41-14-26-30(45-18(4)37)32(46-19(5)38)33(47-20(6)39)31(48-26)27-25(44-17(3)36)12-11-23-28(40)24(13-42-29(23)27)21-7-9-22(10-8-21)43-16(2)35/h7-13,26,30-33H,14H2,1-6H3/t26-,30-,31+,32+,33+/m1/s1. The molecule has 0 unspecified atom stereocenters. The van der Waals surface area contributed by atoms with Crippen LogP contribution in [0, 0.1) is 0 Å². The summed E-state index contributed by atoms with van der Waals surface area (Å²) in [5.41, 5.74) is -0.254. The van der Waals surface area contributed by atoms with Gasteiger partial charge in [-0.2, -0.15) is 0 Å². The molecular formula is C33H32O15. The van der Waals surface area contributed by atoms with Crippen LogP contribution < -0.4 is 14.9 Å². The average Bonchev–Trinajstić information content (AvgIpc) is 2.98. The summed E-state index contributed by atoms with van der Waals surface area (Å²) in [4.78, 5) is 86.1. The molecule has 2 aromatic carbocycles. The van der Waals surface area contributed by atoms with Crippen molar-refractivity contribution in [1.29, 1.82) is 0 Å². The molecule has 0 amide bonds. The summed E-state index contributed by atoms with van der Waals surface area (Å²) in [5.74, 6) is -4.45. The van der Waals surface area contributed by atoms with Crippen molar-refractivity contribution >= 4 is 46.8 Å². The summed E-state index contributed by atoms with van der Waals surface area (Å²) in [6.45, 7) is 6.22. The lowest BCUT2D eigenvalue weighted by atomic mass is 9.89. The van der Waals surface area contributed by atoms with Gasteiger partial charge in [0.05, 0.1) is 16.5 Å². The number of benzene rings is 2. The number of fused-ring (bicyclic) bond motifs is 1. The summed E-state index contributed by atoms with van der Waals surface area (Å²) in [6, 6.07) is 8.73. The van der Waals surface area contributed by atoms with Crippen LogP contribution in [0.1, 0.15) is 53.2 Å². The number of carbonyl (C=O) groups excluding carboxylic acids is 6. The maximum atomic E-state index is 13.9. The maximum absolute atomic E-state index is 13.9. The van der Waals surface area contributed by atoms with Gasteiger partial charge in [-0.05, 0) is 29.8 Å². The quantitative estimate of drug-likeness (QED) is 0.183. The Morgan fingerprint density at radius 2 is 1.25 bits per heavy atom. The molecule has 0 N–H and O–H groups in total. The minimum atomic E-state index is -1.58. The monoisotopic (exact) mass is 668 g/mol. The van der Waals surface area contributed by atoms with Gasteiger partial charge in [-0.15, -0.1) is 0 Å². The summed E-state index contributed by atoms with van der Waals surface area (Å²) in [7, 11) is 0. The zero-order chi connectivity index (χ0) is 35.3. The van der Waals surface area contributed by atoms with Crippen LogP contribution in [-0.2, 0) is 52.5 Å². The van der Waals surface area contributed by atoms with Crippen molar-refractivity contribution in [3.05, 3.63) is 58.4 Å². The van der Waals surface area contributed by atoms with Gasteiger partial charge >= 0.3 is 35.8 Å². The minimum Gasteiger partial charge on any atom is -0.463 e. The molecule has 3 aromatic rings. The van der Waals surface area contributed by atoms with Gasteiger partial charge in [-0.3, -0.25) is 33.6 Å². The second kappa shape index (κ2) is 14.9. The zero-order valence-corrected chi connectivity index (χ0v) is 26.8. The van der Waals surface area contributed by atoms with E-state index in [2.05, 4.69) is 0 Å². The topological polar surface area (TPSA) is 197 Å². The van der Waals surface area contributed by atoms with E-state index < -0.39 is 78.4 Å². The molecule has 0 aliphatic carbocycles. The van der Waals surface area contributed by atoms with Crippen LogP contribution in [0.4, 0.5) is 0 Å². The van der Waals surface area contributed by atoms with Crippen molar-refractivity contribution in [1.82, 2.24) is 0 Å². The highest BCUT2D eigenvalue weighted by atomic mass is 16.7. The smallest absolute Gasteiger partial charge is 0.308 e. The number of ether oxygens (including phenoxy) is 7. The van der Waals surface area contributed by atoms with E-state index in [1.165, 1.54) is 31.2 Å². The Morgan fingerprint density at radius 1 is 0.667 bits per heavy atom. The molecule has 15 heteroatoms. The SMILES string of the molecule is CC(=O)OC[C@H]1O[C@@H](c2c(OC(C)=O)ccc3c(=O)c(-c4ccc(OC(C)=O)cc4)coc23)[C@H](OC(C)=O)[C@@H](OC(C)=O)[C@@H]1OC(C)=O. The van der Waals surface area contributed by atoms with Gasteiger partial charge in [0.15, 0.2) is 18.3 Å². The maximum Gasteiger partial charge on any atom is 0.308 e. The predicted octanol–water partition coefficient (Wildman–Crippen LogP) is 3.11. The molecule has 0 saturated carbocycles. The van der Waals surface area contributed by atoms with Gasteiger partial charge < -0.3 is 37.6 Å². The summed E-state index contributed by atoms with van der Waals surface area (Å²) < 4.78 is 44.5. The Labute approximate surface area is 272 Å². The molecule has 1 aliphatic heterocycles. The molecule has 0 bridgehead atoms. The Balaban J connectivity index is 1.96. The Morgan fingerprint density at radius 3 is 1.81 bits per heavy atom. The first-order valence-corrected chi connectivity index (χ1v) is 14.5. The Kier molecular flexibility index (Phi) is 10.9. The van der Waals surface area contributed by atoms with Crippen LogP contribution in [0.15, 0.2) is 51.9 Å². The predicted molar refractivity (Wildman–Crippen MR) is 161 cm³/mol. The number of hydrogen-bond acceptors (Lipinski definition) is 15. The Bertz CT molecular complexity index is 1810. The molecule has 15 nitrogen and oxygen atoms in total. The normalized spacial score (nSPS) is 20.2. The highest BCUT2D eigenvalue weighted by Gasteiger charge is 2.54. The van der Waals surface area contributed by atoms with E-state index in [9.17, 15) is 33.6 Å². The van der Waals surface area contributed by atoms with Gasteiger partial charge in [-0.1, -0.05) is 12.1 Å². The zero-order valence-electron chi connectivity index (χ0n) is 26.8. The molecule has 5 atom stereocenters. The molecule has 1 aromatic heterocycles. The second-order valence-corrected chi connectivity index (χ2v) is 10.7. The van der Waals surface area contributed by atoms with Crippen molar-refractivity contribution in [2.45, 2.75) is 72.1 Å². The number of hydrogen-bond donors (Lipinski definition) is 0. The number of rotatable bonds is 9. The van der Waals surface area contributed by atoms with Crippen LogP contribution in [0.2, 0.25) is 0 Å². The third-order valence-corrected chi connectivity index (χ3v) is 6.90. The van der Waals surface area contributed by atoms with E-state index in [-0.39, 0.29) is 33.6 Å². The van der Waals surface area contributed by atoms with Crippen molar-refractivity contribution in [3.63, 3.8) is 0 Å². The first kappa shape index (κ1) is 35.3. The third kappa shape index (κ3) is 8.22. The average molecular weight is 669 g/mol. The number of carbonyl (C=O) groups is 6. The molecule has 0 spiro atoms. The highest BCUT2D eigenvalue weighted by molar-refractivity contribution is 5.87. The number of esters is 6. The Hall–Kier alpha value is -5.57. The van der Waals surface area contributed by atoms with Gasteiger partial charge in [0.2, 0.25) is 5.43 Å². The van der Waals surface area contributed by atoms with E-state index in [0.717, 1.165) is 40.9 Å². The van der Waals surface area contributed by atoms with Gasteiger partial charge in [-0.25, -0.2) is 0 Å². The van der Waals surface area contributed by atoms with Crippen LogP contribution in [-0.4, -0.2) is 66.8 Å². The molecule has 1 fully saturated rings. The lowest BCUT2D eigenvalue weighted by Crippen LogP contribution is -2.59. The lowest BCUT2D eigenvalue weighted by molar-refractivity contribution is -0.254. The van der Waals surface area contributed by atoms with Crippen molar-refractivity contribution in [2.75, 3.05) is 6.61 Å². The van der Waals surface area contributed by atoms with E-state index in [1.807, 2.05) is 0 Å². The fraction of sp³-hybridized carbons (Fsp3) is 0.364. The van der Waals surface area contributed by atoms with Crippen LogP contribution in [0.25, 0.3) is 22.1 Å². The molecule has 1 saturated heterocycles. The van der Waals surface area contributed by atoms with E-state index in [0.29, 0.717) is 5.56 Å². The molecule has 48 heavy (non-hydrogen) atoms. The molecule has 2 heterocycles. The minimum absolute atomic E-state index is 0.0182. The molecule has 0 radical (unpaired) electrons. The lowest BCUT2D eigenvalue weighted by Gasteiger charge is -2.44. The van der Waals surface area contributed by atoms with Crippen molar-refractivity contribution in [3.8, 4) is 22.6 Å². The first-order valence-electron chi connectivity index (χ1n) is 14.5. The molecular weight excluding hydrogens is 636 g/mol. The van der Waals surface area contributed by atoms with Crippen LogP contribution in [0.5, 0.6) is 11.5 Å². The summed E-state index contributed by atoms with van der Waals surface area (Å²) in [5, 5.41) is -0.0182. The first-order chi connectivity index (χ1) is 22.7. The third-order valence-electron chi connectivity index (χ3n) is 6.90. The molecule has 1 aliphatic rings.